The van der Waals surface area contributed by atoms with Crippen molar-refractivity contribution < 1.29 is 4.79 Å². The largest absolute Gasteiger partial charge is 0.359 e. The van der Waals surface area contributed by atoms with E-state index in [1.807, 2.05) is 6.07 Å². The fourth-order valence-corrected chi connectivity index (χ4v) is 3.61. The predicted octanol–water partition coefficient (Wildman–Crippen LogP) is 4.20. The third-order valence-electron chi connectivity index (χ3n) is 4.93. The monoisotopic (exact) mass is 322 g/mol. The van der Waals surface area contributed by atoms with Crippen molar-refractivity contribution in [2.75, 3.05) is 16.8 Å². The highest BCUT2D eigenvalue weighted by Gasteiger charge is 2.27. The van der Waals surface area contributed by atoms with Crippen LogP contribution in [0, 0.1) is 0 Å². The molecule has 0 aliphatic carbocycles. The van der Waals surface area contributed by atoms with E-state index in [0.29, 0.717) is 12.6 Å². The highest BCUT2D eigenvalue weighted by Crippen LogP contribution is 2.31. The van der Waals surface area contributed by atoms with Crippen molar-refractivity contribution in [2.24, 2.45) is 0 Å². The van der Waals surface area contributed by atoms with Gasteiger partial charge in [-0.15, -0.1) is 0 Å². The first kappa shape index (κ1) is 16.6. The fraction of sp³-hybridized carbons (Fsp3) is 0.381. The molecule has 0 saturated carbocycles. The fourth-order valence-electron chi connectivity index (χ4n) is 3.61. The number of fused-ring (bicyclic) bond motifs is 1. The quantitative estimate of drug-likeness (QED) is 0.895. The number of hydrogen-bond donors (Lipinski definition) is 1. The summed E-state index contributed by atoms with van der Waals surface area (Å²) in [6.45, 7) is 6.84. The van der Waals surface area contributed by atoms with Crippen molar-refractivity contribution >= 4 is 17.3 Å². The van der Waals surface area contributed by atoms with Gasteiger partial charge in [0.1, 0.15) is 0 Å². The first-order valence-electron chi connectivity index (χ1n) is 8.89. The second-order valence-corrected chi connectivity index (χ2v) is 6.52. The molecule has 3 nitrogen and oxygen atoms in total. The number of nitrogens with one attached hydrogen (secondary N) is 1. The van der Waals surface area contributed by atoms with Gasteiger partial charge in [0.25, 0.3) is 0 Å². The van der Waals surface area contributed by atoms with Crippen LogP contribution in [-0.4, -0.2) is 18.5 Å². The van der Waals surface area contributed by atoms with Gasteiger partial charge in [-0.1, -0.05) is 50.2 Å². The average molecular weight is 322 g/mol. The topological polar surface area (TPSA) is 32.3 Å². The standard InChI is InChI=1S/C21H26N2O/c1-4-16-10-8-11-17(5-2)21(16)22-20(24)14-23-15(3)13-18-9-6-7-12-19(18)23/h6-12,15H,4-5,13-14H2,1-3H3,(H,22,24)/t15-/m0/s1. The molecule has 1 heterocycles. The van der Waals surface area contributed by atoms with E-state index in [1.54, 1.807) is 0 Å². The average Bonchev–Trinajstić information content (AvgIpc) is 2.90. The summed E-state index contributed by atoms with van der Waals surface area (Å²) in [6, 6.07) is 15.0. The zero-order valence-corrected chi connectivity index (χ0v) is 14.8. The molecular weight excluding hydrogens is 296 g/mol. The van der Waals surface area contributed by atoms with Crippen LogP contribution < -0.4 is 10.2 Å². The summed E-state index contributed by atoms with van der Waals surface area (Å²) in [7, 11) is 0. The van der Waals surface area contributed by atoms with Gasteiger partial charge >= 0.3 is 0 Å². The third kappa shape index (κ3) is 3.16. The van der Waals surface area contributed by atoms with Crippen LogP contribution in [0.25, 0.3) is 0 Å². The smallest absolute Gasteiger partial charge is 0.243 e. The van der Waals surface area contributed by atoms with E-state index in [2.05, 4.69) is 67.4 Å². The number of amides is 1. The Labute approximate surface area is 144 Å². The second-order valence-electron chi connectivity index (χ2n) is 6.52. The number of carbonyl (C=O) groups excluding carboxylic acids is 1. The lowest BCUT2D eigenvalue weighted by Crippen LogP contribution is -2.37. The molecule has 0 spiro atoms. The zero-order chi connectivity index (χ0) is 17.1. The first-order chi connectivity index (χ1) is 11.6. The van der Waals surface area contributed by atoms with Crippen LogP contribution in [0.2, 0.25) is 0 Å². The van der Waals surface area contributed by atoms with E-state index >= 15 is 0 Å². The number of rotatable bonds is 5. The van der Waals surface area contributed by atoms with Gasteiger partial charge in [0.05, 0.1) is 6.54 Å². The molecule has 2 aromatic rings. The Morgan fingerprint density at radius 1 is 1.08 bits per heavy atom. The van der Waals surface area contributed by atoms with Crippen LogP contribution in [0.15, 0.2) is 42.5 Å². The van der Waals surface area contributed by atoms with Gasteiger partial charge in [0, 0.05) is 17.4 Å². The van der Waals surface area contributed by atoms with Crippen LogP contribution in [0.4, 0.5) is 11.4 Å². The van der Waals surface area contributed by atoms with Crippen molar-refractivity contribution in [1.29, 1.82) is 0 Å². The van der Waals surface area contributed by atoms with Crippen molar-refractivity contribution in [1.82, 2.24) is 0 Å². The van der Waals surface area contributed by atoms with Crippen LogP contribution in [0.5, 0.6) is 0 Å². The van der Waals surface area contributed by atoms with E-state index in [-0.39, 0.29) is 5.91 Å². The number of aryl methyl sites for hydroxylation is 2. The van der Waals surface area contributed by atoms with Crippen LogP contribution in [-0.2, 0) is 24.1 Å². The van der Waals surface area contributed by atoms with E-state index in [1.165, 1.54) is 22.4 Å². The van der Waals surface area contributed by atoms with Gasteiger partial charge in [-0.05, 0) is 48.9 Å². The minimum Gasteiger partial charge on any atom is -0.359 e. The molecule has 0 radical (unpaired) electrons. The van der Waals surface area contributed by atoms with Crippen LogP contribution >= 0.6 is 0 Å². The molecule has 1 aliphatic rings. The number of hydrogen-bond acceptors (Lipinski definition) is 2. The minimum atomic E-state index is 0.0640. The van der Waals surface area contributed by atoms with Gasteiger partial charge < -0.3 is 10.2 Å². The van der Waals surface area contributed by atoms with Crippen molar-refractivity contribution in [3.63, 3.8) is 0 Å². The first-order valence-corrected chi connectivity index (χ1v) is 8.89. The maximum Gasteiger partial charge on any atom is 0.243 e. The molecule has 126 valence electrons. The summed E-state index contributed by atoms with van der Waals surface area (Å²) in [5, 5.41) is 3.18. The summed E-state index contributed by atoms with van der Waals surface area (Å²) in [5.41, 5.74) is 5.95. The van der Waals surface area contributed by atoms with Gasteiger partial charge in [-0.25, -0.2) is 0 Å². The molecule has 1 N–H and O–H groups in total. The summed E-state index contributed by atoms with van der Waals surface area (Å²) in [4.78, 5) is 14.9. The van der Waals surface area contributed by atoms with E-state index in [9.17, 15) is 4.79 Å². The maximum atomic E-state index is 12.7. The maximum absolute atomic E-state index is 12.7. The van der Waals surface area contributed by atoms with Crippen LogP contribution in [0.3, 0.4) is 0 Å². The minimum absolute atomic E-state index is 0.0640. The number of carbonyl (C=O) groups is 1. The van der Waals surface area contributed by atoms with E-state index in [4.69, 9.17) is 0 Å². The lowest BCUT2D eigenvalue weighted by Gasteiger charge is -2.25. The molecule has 0 saturated heterocycles. The third-order valence-corrected chi connectivity index (χ3v) is 4.93. The molecule has 0 aromatic heterocycles. The Balaban J connectivity index is 1.78. The van der Waals surface area contributed by atoms with Crippen molar-refractivity contribution in [3.8, 4) is 0 Å². The molecule has 3 heteroatoms. The molecule has 0 fully saturated rings. The molecule has 3 rings (SSSR count). The molecule has 1 amide bonds. The Kier molecular flexibility index (Phi) is 4.89. The van der Waals surface area contributed by atoms with Gasteiger partial charge in [-0.3, -0.25) is 4.79 Å². The molecule has 2 aromatic carbocycles. The lowest BCUT2D eigenvalue weighted by atomic mass is 10.0. The Morgan fingerprint density at radius 2 is 1.75 bits per heavy atom. The summed E-state index contributed by atoms with van der Waals surface area (Å²) >= 11 is 0. The van der Waals surface area contributed by atoms with E-state index < -0.39 is 0 Å². The van der Waals surface area contributed by atoms with Gasteiger partial charge in [-0.2, -0.15) is 0 Å². The summed E-state index contributed by atoms with van der Waals surface area (Å²) < 4.78 is 0. The highest BCUT2D eigenvalue weighted by molar-refractivity contribution is 5.96. The predicted molar refractivity (Wildman–Crippen MR) is 101 cm³/mol. The number of anilines is 2. The molecule has 1 aliphatic heterocycles. The van der Waals surface area contributed by atoms with Crippen LogP contribution in [0.1, 0.15) is 37.5 Å². The number of para-hydroxylation sites is 2. The van der Waals surface area contributed by atoms with Crippen molar-refractivity contribution in [3.05, 3.63) is 59.2 Å². The summed E-state index contributed by atoms with van der Waals surface area (Å²) in [5.74, 6) is 0.0640. The summed E-state index contributed by atoms with van der Waals surface area (Å²) in [6.07, 6.45) is 2.86. The second kappa shape index (κ2) is 7.08. The zero-order valence-electron chi connectivity index (χ0n) is 14.8. The normalized spacial score (nSPS) is 16.1. The Hall–Kier alpha value is -2.29. The molecular formula is C21H26N2O. The van der Waals surface area contributed by atoms with Gasteiger partial charge in [0.2, 0.25) is 5.91 Å². The number of nitrogens with zero attached hydrogens (tertiary/aromatic N) is 1. The molecule has 0 bridgehead atoms. The molecule has 1 atom stereocenters. The SMILES string of the molecule is CCc1cccc(CC)c1NC(=O)CN1c2ccccc2C[C@@H]1C. The van der Waals surface area contributed by atoms with Crippen molar-refractivity contribution in [2.45, 2.75) is 46.1 Å². The van der Waals surface area contributed by atoms with E-state index in [0.717, 1.165) is 24.9 Å². The lowest BCUT2D eigenvalue weighted by molar-refractivity contribution is -0.115. The Bertz CT molecular complexity index is 716. The number of benzene rings is 2. The van der Waals surface area contributed by atoms with Gasteiger partial charge in [0.15, 0.2) is 0 Å². The highest BCUT2D eigenvalue weighted by atomic mass is 16.2. The molecule has 0 unspecified atom stereocenters. The molecule has 24 heavy (non-hydrogen) atoms. The Morgan fingerprint density at radius 3 is 2.42 bits per heavy atom.